The van der Waals surface area contributed by atoms with Gasteiger partial charge in [-0.1, -0.05) is 27.7 Å². The molecule has 0 unspecified atom stereocenters. The van der Waals surface area contributed by atoms with E-state index in [1.54, 1.807) is 51.6 Å². The van der Waals surface area contributed by atoms with Gasteiger partial charge >= 0.3 is 18.2 Å². The molecule has 2 amide bonds. The van der Waals surface area contributed by atoms with Gasteiger partial charge in [0.25, 0.3) is 5.67 Å². The second-order valence-electron chi connectivity index (χ2n) is 16.9. The quantitative estimate of drug-likeness (QED) is 0.0918. The van der Waals surface area contributed by atoms with Crippen LogP contribution in [0.1, 0.15) is 81.1 Å². The molecule has 3 saturated heterocycles. The maximum atomic E-state index is 16.9. The average Bonchev–Trinajstić information content (AvgIpc) is 3.45. The maximum Gasteiger partial charge on any atom is 0.411 e. The number of nitrogens with one attached hydrogen (secondary N) is 1. The van der Waals surface area contributed by atoms with Crippen LogP contribution in [0.4, 0.5) is 19.7 Å². The van der Waals surface area contributed by atoms with Crippen molar-refractivity contribution in [3.8, 4) is 0 Å². The molecule has 59 heavy (non-hydrogen) atoms. The lowest BCUT2D eigenvalue weighted by atomic mass is 9.73. The molecular weight excluding hydrogens is 790 g/mol. The summed E-state index contributed by atoms with van der Waals surface area (Å²) in [7, 11) is 4.99. The van der Waals surface area contributed by atoms with Crippen molar-refractivity contribution in [2.75, 3.05) is 45.9 Å². The van der Waals surface area contributed by atoms with Gasteiger partial charge in [-0.3, -0.25) is 14.9 Å². The largest absolute Gasteiger partial charge is 0.455 e. The van der Waals surface area contributed by atoms with Crippen LogP contribution >= 0.6 is 11.8 Å². The van der Waals surface area contributed by atoms with Gasteiger partial charge < -0.3 is 43.3 Å². The normalized spacial score (nSPS) is 37.4. The summed E-state index contributed by atoms with van der Waals surface area (Å²) >= 11 is 1.56. The minimum Gasteiger partial charge on any atom is -0.455 e. The van der Waals surface area contributed by atoms with E-state index in [0.29, 0.717) is 12.1 Å². The Balaban J connectivity index is 1.67. The van der Waals surface area contributed by atoms with Gasteiger partial charge in [0.2, 0.25) is 0 Å². The molecule has 1 aromatic rings. The molecule has 3 aliphatic rings. The third-order valence-electron chi connectivity index (χ3n) is 12.3. The van der Waals surface area contributed by atoms with Crippen LogP contribution in [0.3, 0.4) is 0 Å². The van der Waals surface area contributed by atoms with Gasteiger partial charge in [-0.05, 0) is 98.0 Å². The fourth-order valence-corrected chi connectivity index (χ4v) is 9.35. The van der Waals surface area contributed by atoms with E-state index in [9.17, 15) is 29.1 Å². The zero-order valence-corrected chi connectivity index (χ0v) is 37.3. The van der Waals surface area contributed by atoms with Crippen molar-refractivity contribution in [1.82, 2.24) is 9.80 Å². The zero-order valence-electron chi connectivity index (χ0n) is 36.4. The molecule has 332 valence electrons. The van der Waals surface area contributed by atoms with E-state index in [1.807, 2.05) is 44.3 Å². The molecule has 0 aliphatic carbocycles. The Morgan fingerprint density at radius 2 is 1.71 bits per heavy atom. The van der Waals surface area contributed by atoms with Gasteiger partial charge in [-0.2, -0.15) is 0 Å². The lowest BCUT2D eigenvalue weighted by Crippen LogP contribution is -2.61. The first-order valence-electron chi connectivity index (χ1n) is 20.3. The van der Waals surface area contributed by atoms with Crippen LogP contribution in [0.15, 0.2) is 29.2 Å². The second-order valence-corrected chi connectivity index (χ2v) is 17.8. The van der Waals surface area contributed by atoms with Crippen molar-refractivity contribution in [1.29, 1.82) is 0 Å². The molecule has 0 radical (unpaired) electrons. The van der Waals surface area contributed by atoms with Crippen molar-refractivity contribution >= 4 is 47.2 Å². The van der Waals surface area contributed by atoms with Gasteiger partial charge in [0, 0.05) is 48.0 Å². The summed E-state index contributed by atoms with van der Waals surface area (Å²) in [6.45, 7) is 12.1. The number of hydrogen-bond acceptors (Lipinski definition) is 14. The summed E-state index contributed by atoms with van der Waals surface area (Å²) < 4.78 is 52.6. The van der Waals surface area contributed by atoms with Crippen LogP contribution in [-0.2, 0) is 42.8 Å². The zero-order chi connectivity index (χ0) is 44.2. The Bertz CT molecular complexity index is 1670. The number of methoxy groups -OCH3 is 1. The molecule has 0 bridgehead atoms. The molecule has 0 aromatic heterocycles. The van der Waals surface area contributed by atoms with Crippen LogP contribution in [0, 0.1) is 17.8 Å². The monoisotopic (exact) mass is 853 g/mol. The number of ketones is 2. The number of carbonyl (C=O) groups is 5. The summed E-state index contributed by atoms with van der Waals surface area (Å²) in [5.74, 6) is -6.09. The molecule has 1 aromatic carbocycles. The summed E-state index contributed by atoms with van der Waals surface area (Å²) in [5, 5.41) is 14.1. The van der Waals surface area contributed by atoms with Crippen LogP contribution in [-0.4, -0.2) is 145 Å². The standard InChI is InChI=1S/C42H64FN3O12S/c1-13-30-42(8)33(46(39(52)58-42)19-14-20-54-38(51)44-27-15-17-28(59-12)18-16-27)25(4)31(47)23(2)22-40(6,53-11)35(26(5)34(49)41(7,43)37(50)56-30)57-36-32(48)29(45(9)10)21-24(3)55-36/h15-18,23-26,29-30,32-33,35-36,48H,13-14,19-22H2,1-12H3,(H,44,51)/t23-,24-,25+,26+,29+,30-,32-,33-,35-,36+,40-,41+,42-/m1/s1. The van der Waals surface area contributed by atoms with Gasteiger partial charge in [-0.25, -0.2) is 18.8 Å². The summed E-state index contributed by atoms with van der Waals surface area (Å²) in [4.78, 5) is 73.2. The minimum absolute atomic E-state index is 0.0101. The first kappa shape index (κ1) is 48.3. The van der Waals surface area contributed by atoms with Crippen LogP contribution < -0.4 is 5.32 Å². The SMILES string of the molecule is CC[C@H]1OC(=O)[C@@](C)(F)C(=O)[C@H](C)[C@@H](O[C@@H]2O[C@H](C)C[C@H](N(C)C)[C@H]2O)[C@](C)(OC)C[C@@H](C)C(=O)[C@H](C)[C@H]2N(CCCOC(=O)Nc3ccc(SC)cc3)C(=O)O[C@]12C. The lowest BCUT2D eigenvalue weighted by molar-refractivity contribution is -0.295. The Labute approximate surface area is 351 Å². The summed E-state index contributed by atoms with van der Waals surface area (Å²) in [5.41, 5.74) is -5.83. The molecule has 15 nitrogen and oxygen atoms in total. The number of aliphatic hydroxyl groups excluding tert-OH is 1. The predicted molar refractivity (Wildman–Crippen MR) is 218 cm³/mol. The fraction of sp³-hybridized carbons (Fsp3) is 0.738. The van der Waals surface area contributed by atoms with Crippen molar-refractivity contribution in [2.45, 2.75) is 146 Å². The number of likely N-dealkylation sites (N-methyl/N-ethyl adjacent to an activating group) is 1. The number of alkyl halides is 1. The molecule has 3 heterocycles. The van der Waals surface area contributed by atoms with E-state index in [0.717, 1.165) is 11.8 Å². The van der Waals surface area contributed by atoms with Crippen molar-refractivity contribution in [2.24, 2.45) is 17.8 Å². The van der Waals surface area contributed by atoms with E-state index in [4.69, 9.17) is 28.4 Å². The van der Waals surface area contributed by atoms with Gasteiger partial charge in [0.05, 0.1) is 30.5 Å². The predicted octanol–water partition coefficient (Wildman–Crippen LogP) is 5.64. The van der Waals surface area contributed by atoms with E-state index in [-0.39, 0.29) is 50.3 Å². The number of nitrogens with zero attached hydrogens (tertiary/aromatic N) is 2. The first-order chi connectivity index (χ1) is 27.6. The van der Waals surface area contributed by atoms with E-state index < -0.39 is 89.2 Å². The van der Waals surface area contributed by atoms with Crippen LogP contribution in [0.5, 0.6) is 0 Å². The Morgan fingerprint density at radius 3 is 2.29 bits per heavy atom. The molecule has 13 atom stereocenters. The number of carbonyl (C=O) groups excluding carboxylic acids is 5. The van der Waals surface area contributed by atoms with Crippen molar-refractivity contribution in [3.63, 3.8) is 0 Å². The van der Waals surface area contributed by atoms with E-state index in [2.05, 4.69) is 5.32 Å². The number of benzene rings is 1. The first-order valence-corrected chi connectivity index (χ1v) is 21.5. The molecule has 3 aliphatic heterocycles. The van der Waals surface area contributed by atoms with Crippen LogP contribution in [0.2, 0.25) is 0 Å². The number of anilines is 1. The number of halogens is 1. The average molecular weight is 854 g/mol. The molecular formula is C42H64FN3O12S. The number of Topliss-reactive ketones (excluding diaryl/α,β-unsaturated/α-hetero) is 2. The number of cyclic esters (lactones) is 1. The lowest BCUT2D eigenvalue weighted by Gasteiger charge is -2.47. The van der Waals surface area contributed by atoms with Gasteiger partial charge in [0.1, 0.15) is 18.0 Å². The molecule has 0 spiro atoms. The molecule has 4 rings (SSSR count). The number of hydrogen-bond donors (Lipinski definition) is 2. The topological polar surface area (TPSA) is 179 Å². The summed E-state index contributed by atoms with van der Waals surface area (Å²) in [6.07, 6.45) is -4.35. The third-order valence-corrected chi connectivity index (χ3v) is 13.0. The smallest absolute Gasteiger partial charge is 0.411 e. The number of esters is 1. The Kier molecular flexibility index (Phi) is 16.0. The molecule has 17 heteroatoms. The van der Waals surface area contributed by atoms with E-state index >= 15 is 4.39 Å². The number of thioether (sulfide) groups is 1. The highest BCUT2D eigenvalue weighted by molar-refractivity contribution is 7.98. The number of rotatable bonds is 11. The number of fused-ring (bicyclic) bond motifs is 1. The van der Waals surface area contributed by atoms with Gasteiger partial charge in [-0.15, -0.1) is 11.8 Å². The van der Waals surface area contributed by atoms with Gasteiger partial charge in [0.15, 0.2) is 17.7 Å². The fourth-order valence-electron chi connectivity index (χ4n) is 8.94. The van der Waals surface area contributed by atoms with Crippen molar-refractivity contribution in [3.05, 3.63) is 24.3 Å². The second kappa shape index (κ2) is 19.6. The molecule has 2 N–H and O–H groups in total. The number of ether oxygens (including phenoxy) is 6. The van der Waals surface area contributed by atoms with Crippen molar-refractivity contribution < 1.29 is 61.9 Å². The van der Waals surface area contributed by atoms with E-state index in [1.165, 1.54) is 25.9 Å². The maximum absolute atomic E-state index is 16.9. The Hall–Kier alpha value is -3.35. The minimum atomic E-state index is -3.21. The molecule has 0 saturated carbocycles. The third kappa shape index (κ3) is 10.4. The number of amides is 2. The number of aliphatic hydroxyl groups is 1. The highest BCUT2D eigenvalue weighted by atomic mass is 32.2. The summed E-state index contributed by atoms with van der Waals surface area (Å²) in [6, 6.07) is 5.80. The Morgan fingerprint density at radius 1 is 1.07 bits per heavy atom. The molecule has 3 fully saturated rings. The highest BCUT2D eigenvalue weighted by Crippen LogP contribution is 2.43. The highest BCUT2D eigenvalue weighted by Gasteiger charge is 2.61. The van der Waals surface area contributed by atoms with Crippen LogP contribution in [0.25, 0.3) is 0 Å².